The third-order valence-electron chi connectivity index (χ3n) is 0.910. The fourth-order valence-electron chi connectivity index (χ4n) is 0.493. The molecule has 0 spiro atoms. The van der Waals surface area contributed by atoms with Crippen LogP contribution in [0.3, 0.4) is 0 Å². The maximum Gasteiger partial charge on any atom is 0.188 e. The summed E-state index contributed by atoms with van der Waals surface area (Å²) in [5.41, 5.74) is 0. The third-order valence-corrected chi connectivity index (χ3v) is 1.26. The summed E-state index contributed by atoms with van der Waals surface area (Å²) in [6.07, 6.45) is 6.01. The fourth-order valence-corrected chi connectivity index (χ4v) is 0.650. The van der Waals surface area contributed by atoms with Crippen LogP contribution < -0.4 is 0 Å². The second-order valence-electron chi connectivity index (χ2n) is 1.53. The highest BCUT2D eigenvalue weighted by atomic mass is 35.5. The van der Waals surface area contributed by atoms with Crippen LogP contribution in [0.15, 0.2) is 24.3 Å². The fraction of sp³-hybridized carbons (Fsp3) is 0.167. The van der Waals surface area contributed by atoms with E-state index in [1.54, 1.807) is 18.2 Å². The molecule has 0 saturated carbocycles. The summed E-state index contributed by atoms with van der Waals surface area (Å²) in [5, 5.41) is -0.542. The molecule has 1 rings (SSSR count). The molecule has 1 atom stereocenters. The van der Waals surface area contributed by atoms with Crippen LogP contribution in [-0.4, -0.2) is 5.38 Å². The zero-order valence-electron chi connectivity index (χ0n) is 4.14. The Morgan fingerprint density at radius 3 is 2.62 bits per heavy atom. The van der Waals surface area contributed by atoms with Gasteiger partial charge in [0.05, 0.1) is 5.38 Å². The summed E-state index contributed by atoms with van der Waals surface area (Å²) in [6.45, 7) is 0. The largest absolute Gasteiger partial charge is 0.233 e. The number of allylic oxidation sites excluding steroid dienone is 4. The second-order valence-corrected chi connectivity index (χ2v) is 2.00. The van der Waals surface area contributed by atoms with Gasteiger partial charge in [-0.1, -0.05) is 18.2 Å². The van der Waals surface area contributed by atoms with Crippen LogP contribution in [0.1, 0.15) is 0 Å². The molecule has 0 N–H and O–H groups in total. The van der Waals surface area contributed by atoms with Crippen LogP contribution >= 0.6 is 11.6 Å². The van der Waals surface area contributed by atoms with Crippen LogP contribution in [0.25, 0.3) is 0 Å². The second kappa shape index (κ2) is 2.31. The third kappa shape index (κ3) is 1.10. The van der Waals surface area contributed by atoms with Gasteiger partial charge in [0, 0.05) is 0 Å². The first-order valence-electron chi connectivity index (χ1n) is 2.32. The quantitative estimate of drug-likeness (QED) is 0.443. The van der Waals surface area contributed by atoms with Gasteiger partial charge in [0.2, 0.25) is 0 Å². The predicted molar refractivity (Wildman–Crippen MR) is 32.3 cm³/mol. The number of hydrogen-bond acceptors (Lipinski definition) is 0. The first-order valence-corrected chi connectivity index (χ1v) is 2.75. The minimum absolute atomic E-state index is 0.283. The Balaban J connectivity index is 2.59. The molecule has 0 aromatic rings. The molecule has 0 aromatic carbocycles. The van der Waals surface area contributed by atoms with Gasteiger partial charge in [0.25, 0.3) is 0 Å². The summed E-state index contributed by atoms with van der Waals surface area (Å²) in [4.78, 5) is 0. The summed E-state index contributed by atoms with van der Waals surface area (Å²) >= 11 is 5.42. The van der Waals surface area contributed by atoms with Gasteiger partial charge < -0.3 is 0 Å². The Morgan fingerprint density at radius 1 is 1.50 bits per heavy atom. The molecule has 43 valence electrons. The lowest BCUT2D eigenvalue weighted by Gasteiger charge is -2.06. The Kier molecular flexibility index (Phi) is 1.69. The molecule has 0 aliphatic heterocycles. The van der Waals surface area contributed by atoms with Crippen molar-refractivity contribution in [2.45, 2.75) is 5.38 Å². The maximum atomic E-state index is 12.2. The molecule has 1 aliphatic carbocycles. The zero-order valence-corrected chi connectivity index (χ0v) is 4.90. The summed E-state index contributed by atoms with van der Waals surface area (Å²) in [5.74, 6) is 0. The number of hydrogen-bond donors (Lipinski definition) is 0. The topological polar surface area (TPSA) is 0 Å². The molecule has 0 heterocycles. The van der Waals surface area contributed by atoms with Crippen molar-refractivity contribution in [2.75, 3.05) is 0 Å². The van der Waals surface area contributed by atoms with Crippen molar-refractivity contribution in [3.63, 3.8) is 0 Å². The maximum absolute atomic E-state index is 12.2. The number of halogens is 2. The lowest BCUT2D eigenvalue weighted by Crippen LogP contribution is -2.03. The Labute approximate surface area is 52.6 Å². The first-order chi connectivity index (χ1) is 3.80. The Bertz CT molecular complexity index is 112. The van der Waals surface area contributed by atoms with Gasteiger partial charge in [0.1, 0.15) is 0 Å². The lowest BCUT2D eigenvalue weighted by molar-refractivity contribution is 0.533. The minimum atomic E-state index is -0.542. The summed E-state index contributed by atoms with van der Waals surface area (Å²) in [6, 6.07) is 0. The van der Waals surface area contributed by atoms with E-state index >= 15 is 0 Å². The van der Waals surface area contributed by atoms with Crippen molar-refractivity contribution in [3.05, 3.63) is 30.5 Å². The standard InChI is InChI=1S/C6H5ClF/c7-5-3-1-2-4-6(5)8/h1-5H. The van der Waals surface area contributed by atoms with Gasteiger partial charge in [-0.05, 0) is 6.08 Å². The monoisotopic (exact) mass is 131 g/mol. The van der Waals surface area contributed by atoms with E-state index in [4.69, 9.17) is 11.6 Å². The summed E-state index contributed by atoms with van der Waals surface area (Å²) < 4.78 is 12.2. The van der Waals surface area contributed by atoms with E-state index in [0.29, 0.717) is 0 Å². The van der Waals surface area contributed by atoms with E-state index in [1.807, 2.05) is 0 Å². The van der Waals surface area contributed by atoms with Gasteiger partial charge in [-0.25, -0.2) is 4.39 Å². The highest BCUT2D eigenvalue weighted by Crippen LogP contribution is 2.20. The number of alkyl halides is 1. The molecule has 1 aliphatic rings. The average Bonchev–Trinajstić information content (AvgIpc) is 1.77. The molecular formula is C6H5ClF. The van der Waals surface area contributed by atoms with E-state index in [-0.39, 0.29) is 6.17 Å². The van der Waals surface area contributed by atoms with Crippen LogP contribution in [0.2, 0.25) is 0 Å². The molecule has 0 amide bonds. The van der Waals surface area contributed by atoms with E-state index in [0.717, 1.165) is 0 Å². The van der Waals surface area contributed by atoms with Gasteiger partial charge in [0.15, 0.2) is 6.17 Å². The molecule has 2 heteroatoms. The molecular weight excluding hydrogens is 127 g/mol. The van der Waals surface area contributed by atoms with Crippen molar-refractivity contribution in [2.24, 2.45) is 0 Å². The van der Waals surface area contributed by atoms with E-state index in [2.05, 4.69) is 0 Å². The van der Waals surface area contributed by atoms with Crippen LogP contribution in [-0.2, 0) is 0 Å². The van der Waals surface area contributed by atoms with Crippen molar-refractivity contribution < 1.29 is 4.39 Å². The molecule has 0 nitrogen and oxygen atoms in total. The van der Waals surface area contributed by atoms with Gasteiger partial charge in [-0.3, -0.25) is 0 Å². The first kappa shape index (κ1) is 5.83. The molecule has 0 fully saturated rings. The average molecular weight is 132 g/mol. The van der Waals surface area contributed by atoms with Gasteiger partial charge >= 0.3 is 0 Å². The van der Waals surface area contributed by atoms with Crippen LogP contribution in [0.5, 0.6) is 0 Å². The van der Waals surface area contributed by atoms with Crippen molar-refractivity contribution in [1.29, 1.82) is 0 Å². The molecule has 1 radical (unpaired) electrons. The molecule has 0 bridgehead atoms. The smallest absolute Gasteiger partial charge is 0.188 e. The highest BCUT2D eigenvalue weighted by molar-refractivity contribution is 6.23. The molecule has 0 aromatic heterocycles. The Morgan fingerprint density at radius 2 is 2.25 bits per heavy atom. The SMILES string of the molecule is F[C]1C=CC=CC1Cl. The van der Waals surface area contributed by atoms with Crippen molar-refractivity contribution in [1.82, 2.24) is 0 Å². The van der Waals surface area contributed by atoms with Crippen LogP contribution in [0.4, 0.5) is 4.39 Å². The van der Waals surface area contributed by atoms with Gasteiger partial charge in [-0.2, -0.15) is 0 Å². The Hall–Kier alpha value is -0.300. The zero-order chi connectivity index (χ0) is 5.98. The van der Waals surface area contributed by atoms with E-state index in [1.165, 1.54) is 6.08 Å². The molecule has 8 heavy (non-hydrogen) atoms. The van der Waals surface area contributed by atoms with Crippen molar-refractivity contribution >= 4 is 11.6 Å². The summed E-state index contributed by atoms with van der Waals surface area (Å²) in [7, 11) is 0. The molecule has 1 unspecified atom stereocenters. The normalized spacial score (nSPS) is 29.0. The van der Waals surface area contributed by atoms with Gasteiger partial charge in [-0.15, -0.1) is 11.6 Å². The van der Waals surface area contributed by atoms with E-state index in [9.17, 15) is 4.39 Å². The van der Waals surface area contributed by atoms with Crippen molar-refractivity contribution in [3.8, 4) is 0 Å². The van der Waals surface area contributed by atoms with E-state index < -0.39 is 5.38 Å². The predicted octanol–water partition coefficient (Wildman–Crippen LogP) is 2.22. The lowest BCUT2D eigenvalue weighted by atomic mass is 10.2. The highest BCUT2D eigenvalue weighted by Gasteiger charge is 2.14. The minimum Gasteiger partial charge on any atom is -0.233 e. The van der Waals surface area contributed by atoms with Crippen LogP contribution in [0, 0.1) is 6.17 Å². The molecule has 0 saturated heterocycles. The number of rotatable bonds is 0.